The highest BCUT2D eigenvalue weighted by atomic mass is 16.5. The Labute approximate surface area is 153 Å². The van der Waals surface area contributed by atoms with Gasteiger partial charge in [0.1, 0.15) is 5.82 Å². The third-order valence-corrected chi connectivity index (χ3v) is 5.26. The lowest BCUT2D eigenvalue weighted by atomic mass is 10.0. The number of hydrogen-bond donors (Lipinski definition) is 2. The highest BCUT2D eigenvalue weighted by molar-refractivity contribution is 5.90. The zero-order valence-electron chi connectivity index (χ0n) is 15.1. The molecule has 1 saturated heterocycles. The molecule has 1 aliphatic heterocycles. The molecule has 0 radical (unpaired) electrons. The number of nitrogens with zero attached hydrogens (tertiary/aromatic N) is 3. The lowest BCUT2D eigenvalue weighted by Gasteiger charge is -2.28. The first-order valence-electron chi connectivity index (χ1n) is 9.30. The number of ether oxygens (including phenoxy) is 1. The number of pyridine rings is 2. The van der Waals surface area contributed by atoms with E-state index in [1.807, 2.05) is 18.3 Å². The van der Waals surface area contributed by atoms with Crippen molar-refractivity contribution in [3.8, 4) is 0 Å². The summed E-state index contributed by atoms with van der Waals surface area (Å²) >= 11 is 0. The summed E-state index contributed by atoms with van der Waals surface area (Å²) in [6.45, 7) is 5.27. The fraction of sp³-hybridized carbons (Fsp3) is 0.526. The predicted molar refractivity (Wildman–Crippen MR) is 102 cm³/mol. The van der Waals surface area contributed by atoms with E-state index >= 15 is 0 Å². The number of rotatable bonds is 3. The second-order valence-electron chi connectivity index (χ2n) is 7.37. The Hall–Kier alpha value is -2.41. The van der Waals surface area contributed by atoms with Gasteiger partial charge in [-0.25, -0.2) is 9.78 Å². The second-order valence-corrected chi connectivity index (χ2v) is 7.37. The molecule has 2 aromatic heterocycles. The molecular formula is C19H25N5O2. The molecule has 2 aliphatic rings. The molecule has 2 N–H and O–H groups in total. The van der Waals surface area contributed by atoms with Crippen LogP contribution in [0.4, 0.5) is 16.3 Å². The van der Waals surface area contributed by atoms with Crippen molar-refractivity contribution in [1.29, 1.82) is 0 Å². The van der Waals surface area contributed by atoms with E-state index in [1.165, 1.54) is 12.8 Å². The fourth-order valence-corrected chi connectivity index (χ4v) is 3.76. The molecule has 138 valence electrons. The van der Waals surface area contributed by atoms with Gasteiger partial charge in [0, 0.05) is 18.6 Å². The maximum Gasteiger partial charge on any atom is 0.320 e. The van der Waals surface area contributed by atoms with E-state index in [-0.39, 0.29) is 11.6 Å². The maximum atomic E-state index is 12.3. The van der Waals surface area contributed by atoms with Crippen LogP contribution in [0.3, 0.4) is 0 Å². The van der Waals surface area contributed by atoms with E-state index < -0.39 is 0 Å². The zero-order chi connectivity index (χ0) is 18.0. The molecule has 3 heterocycles. The van der Waals surface area contributed by atoms with Gasteiger partial charge < -0.3 is 15.0 Å². The normalized spacial score (nSPS) is 19.5. The van der Waals surface area contributed by atoms with Crippen LogP contribution in [0.15, 0.2) is 24.4 Å². The van der Waals surface area contributed by atoms with Crippen LogP contribution < -0.4 is 15.5 Å². The van der Waals surface area contributed by atoms with Gasteiger partial charge in [-0.05, 0) is 38.0 Å². The zero-order valence-corrected chi connectivity index (χ0v) is 15.1. The molecule has 1 saturated carbocycles. The van der Waals surface area contributed by atoms with E-state index in [4.69, 9.17) is 4.74 Å². The van der Waals surface area contributed by atoms with Gasteiger partial charge in [0.15, 0.2) is 0 Å². The average Bonchev–Trinajstić information content (AvgIpc) is 3.07. The van der Waals surface area contributed by atoms with Gasteiger partial charge in [0.05, 0.1) is 36.1 Å². The maximum absolute atomic E-state index is 12.3. The third-order valence-electron chi connectivity index (χ3n) is 5.26. The van der Waals surface area contributed by atoms with Crippen molar-refractivity contribution in [3.05, 3.63) is 24.4 Å². The summed E-state index contributed by atoms with van der Waals surface area (Å²) in [5.74, 6) is 0.539. The molecule has 7 nitrogen and oxygen atoms in total. The Morgan fingerprint density at radius 3 is 2.73 bits per heavy atom. The number of fused-ring (bicyclic) bond motifs is 1. The Balaban J connectivity index is 1.49. The lowest BCUT2D eigenvalue weighted by molar-refractivity contribution is 0.122. The number of nitrogens with one attached hydrogen (secondary N) is 2. The van der Waals surface area contributed by atoms with E-state index in [0.717, 1.165) is 55.9 Å². The topological polar surface area (TPSA) is 79.4 Å². The quantitative estimate of drug-likeness (QED) is 0.885. The largest absolute Gasteiger partial charge is 0.378 e. The summed E-state index contributed by atoms with van der Waals surface area (Å²) in [5.41, 5.74) is 2.52. The minimum atomic E-state index is -0.196. The van der Waals surface area contributed by atoms with Crippen LogP contribution in [-0.2, 0) is 4.74 Å². The first kappa shape index (κ1) is 17.0. The molecule has 0 aromatic carbocycles. The first-order valence-corrected chi connectivity index (χ1v) is 9.30. The summed E-state index contributed by atoms with van der Waals surface area (Å²) in [4.78, 5) is 23.6. The Kier molecular flexibility index (Phi) is 4.63. The summed E-state index contributed by atoms with van der Waals surface area (Å²) in [7, 11) is 0. The van der Waals surface area contributed by atoms with Gasteiger partial charge in [-0.2, -0.15) is 0 Å². The van der Waals surface area contributed by atoms with Gasteiger partial charge in [-0.3, -0.25) is 10.3 Å². The molecule has 7 heteroatoms. The monoisotopic (exact) mass is 355 g/mol. The molecule has 4 rings (SSSR count). The van der Waals surface area contributed by atoms with Gasteiger partial charge in [0.25, 0.3) is 0 Å². The Bertz CT molecular complexity index is 798. The number of carbonyl (C=O) groups excluding carboxylic acids is 1. The molecule has 2 amide bonds. The summed E-state index contributed by atoms with van der Waals surface area (Å²) in [6, 6.07) is 5.51. The molecule has 2 aromatic rings. The number of anilines is 2. The van der Waals surface area contributed by atoms with E-state index in [2.05, 4.69) is 32.4 Å². The SMILES string of the molecule is CC1(NC(=O)Nc2ccc3ncc(N4CCOCC4)cc3n2)CCCC1. The Morgan fingerprint density at radius 1 is 1.19 bits per heavy atom. The van der Waals surface area contributed by atoms with Crippen LogP contribution in [0.25, 0.3) is 11.0 Å². The number of hydrogen-bond acceptors (Lipinski definition) is 5. The molecule has 0 atom stereocenters. The first-order chi connectivity index (χ1) is 12.6. The lowest BCUT2D eigenvalue weighted by Crippen LogP contribution is -2.45. The van der Waals surface area contributed by atoms with Crippen molar-refractivity contribution in [2.24, 2.45) is 0 Å². The van der Waals surface area contributed by atoms with Crippen molar-refractivity contribution in [2.45, 2.75) is 38.1 Å². The van der Waals surface area contributed by atoms with Gasteiger partial charge in [0.2, 0.25) is 0 Å². The van der Waals surface area contributed by atoms with E-state index in [0.29, 0.717) is 5.82 Å². The van der Waals surface area contributed by atoms with E-state index in [1.54, 1.807) is 6.07 Å². The Morgan fingerprint density at radius 2 is 1.96 bits per heavy atom. The predicted octanol–water partition coefficient (Wildman–Crippen LogP) is 2.92. The molecule has 1 aliphatic carbocycles. The standard InChI is InChI=1S/C19H25N5O2/c1-19(6-2-3-7-19)23-18(25)22-17-5-4-15-16(21-17)12-14(13-20-15)24-8-10-26-11-9-24/h4-5,12-13H,2-3,6-11H2,1H3,(H2,21,22,23,25). The van der Waals surface area contributed by atoms with Crippen LogP contribution in [-0.4, -0.2) is 47.8 Å². The molecular weight excluding hydrogens is 330 g/mol. The van der Waals surface area contributed by atoms with Crippen molar-refractivity contribution in [2.75, 3.05) is 36.5 Å². The van der Waals surface area contributed by atoms with Crippen LogP contribution in [0, 0.1) is 0 Å². The summed E-state index contributed by atoms with van der Waals surface area (Å²) in [5, 5.41) is 5.95. The van der Waals surface area contributed by atoms with Crippen LogP contribution in [0.1, 0.15) is 32.6 Å². The number of aromatic nitrogens is 2. The highest BCUT2D eigenvalue weighted by Crippen LogP contribution is 2.29. The summed E-state index contributed by atoms with van der Waals surface area (Å²) < 4.78 is 5.40. The average molecular weight is 355 g/mol. The van der Waals surface area contributed by atoms with Crippen LogP contribution in [0.2, 0.25) is 0 Å². The number of morpholine rings is 1. The molecule has 0 bridgehead atoms. The second kappa shape index (κ2) is 7.07. The van der Waals surface area contributed by atoms with Gasteiger partial charge >= 0.3 is 6.03 Å². The summed E-state index contributed by atoms with van der Waals surface area (Å²) in [6.07, 6.45) is 6.26. The highest BCUT2D eigenvalue weighted by Gasteiger charge is 2.30. The van der Waals surface area contributed by atoms with Crippen molar-refractivity contribution < 1.29 is 9.53 Å². The van der Waals surface area contributed by atoms with Crippen molar-refractivity contribution >= 4 is 28.6 Å². The number of carbonyl (C=O) groups is 1. The molecule has 2 fully saturated rings. The number of amides is 2. The van der Waals surface area contributed by atoms with Gasteiger partial charge in [-0.15, -0.1) is 0 Å². The fourth-order valence-electron chi connectivity index (χ4n) is 3.76. The van der Waals surface area contributed by atoms with Crippen molar-refractivity contribution in [1.82, 2.24) is 15.3 Å². The van der Waals surface area contributed by atoms with Crippen LogP contribution in [0.5, 0.6) is 0 Å². The smallest absolute Gasteiger partial charge is 0.320 e. The van der Waals surface area contributed by atoms with Crippen LogP contribution >= 0.6 is 0 Å². The molecule has 0 spiro atoms. The van der Waals surface area contributed by atoms with E-state index in [9.17, 15) is 4.79 Å². The van der Waals surface area contributed by atoms with Crippen molar-refractivity contribution in [3.63, 3.8) is 0 Å². The third kappa shape index (κ3) is 3.72. The minimum Gasteiger partial charge on any atom is -0.378 e. The number of urea groups is 1. The molecule has 26 heavy (non-hydrogen) atoms. The minimum absolute atomic E-state index is 0.105. The van der Waals surface area contributed by atoms with Gasteiger partial charge in [-0.1, -0.05) is 12.8 Å². The molecule has 0 unspecified atom stereocenters.